The summed E-state index contributed by atoms with van der Waals surface area (Å²) in [6.45, 7) is 7.34. The summed E-state index contributed by atoms with van der Waals surface area (Å²) in [6.07, 6.45) is 1.85. The first kappa shape index (κ1) is 12.8. The summed E-state index contributed by atoms with van der Waals surface area (Å²) in [7, 11) is 0. The number of hydrogen-bond donors (Lipinski definition) is 1. The average molecular weight is 240 g/mol. The second-order valence-electron chi connectivity index (χ2n) is 4.59. The molecule has 2 aromatic rings. The maximum atomic E-state index is 4.46. The van der Waals surface area contributed by atoms with Crippen LogP contribution < -0.4 is 5.32 Å². The van der Waals surface area contributed by atoms with Crippen LogP contribution in [0.3, 0.4) is 0 Å². The van der Waals surface area contributed by atoms with Gasteiger partial charge in [-0.05, 0) is 49.2 Å². The van der Waals surface area contributed by atoms with Crippen LogP contribution in [-0.4, -0.2) is 11.5 Å². The minimum atomic E-state index is 0.176. The van der Waals surface area contributed by atoms with Crippen LogP contribution in [0.5, 0.6) is 0 Å². The molecule has 18 heavy (non-hydrogen) atoms. The highest BCUT2D eigenvalue weighted by Gasteiger charge is 2.14. The van der Waals surface area contributed by atoms with E-state index >= 15 is 0 Å². The van der Waals surface area contributed by atoms with Crippen molar-refractivity contribution >= 4 is 0 Å². The van der Waals surface area contributed by atoms with Gasteiger partial charge in [-0.15, -0.1) is 0 Å². The molecule has 2 heteroatoms. The van der Waals surface area contributed by atoms with Crippen LogP contribution in [0.2, 0.25) is 0 Å². The van der Waals surface area contributed by atoms with E-state index in [1.165, 1.54) is 16.7 Å². The lowest BCUT2D eigenvalue weighted by atomic mass is 9.98. The van der Waals surface area contributed by atoms with Gasteiger partial charge in [-0.1, -0.05) is 31.2 Å². The number of hydrogen-bond acceptors (Lipinski definition) is 2. The molecule has 1 aromatic carbocycles. The van der Waals surface area contributed by atoms with Crippen molar-refractivity contribution in [2.24, 2.45) is 0 Å². The Morgan fingerprint density at radius 1 is 1.11 bits per heavy atom. The van der Waals surface area contributed by atoms with Gasteiger partial charge in [-0.25, -0.2) is 0 Å². The van der Waals surface area contributed by atoms with Gasteiger partial charge in [-0.2, -0.15) is 0 Å². The van der Waals surface area contributed by atoms with Crippen LogP contribution >= 0.6 is 0 Å². The van der Waals surface area contributed by atoms with E-state index in [0.717, 1.165) is 12.2 Å². The highest BCUT2D eigenvalue weighted by atomic mass is 14.9. The predicted molar refractivity (Wildman–Crippen MR) is 75.7 cm³/mol. The number of benzene rings is 1. The second kappa shape index (κ2) is 5.78. The van der Waals surface area contributed by atoms with Crippen molar-refractivity contribution < 1.29 is 0 Å². The molecule has 2 nitrogen and oxygen atoms in total. The molecule has 1 unspecified atom stereocenters. The summed E-state index contributed by atoms with van der Waals surface area (Å²) in [6, 6.07) is 12.8. The maximum absolute atomic E-state index is 4.46. The van der Waals surface area contributed by atoms with E-state index < -0.39 is 0 Å². The Balaban J connectivity index is 2.38. The van der Waals surface area contributed by atoms with Crippen molar-refractivity contribution in [3.8, 4) is 0 Å². The zero-order chi connectivity index (χ0) is 13.0. The molecule has 2 rings (SSSR count). The van der Waals surface area contributed by atoms with Gasteiger partial charge in [0.15, 0.2) is 0 Å². The Morgan fingerprint density at radius 3 is 2.56 bits per heavy atom. The van der Waals surface area contributed by atoms with Crippen LogP contribution in [0.1, 0.15) is 35.3 Å². The monoisotopic (exact) mass is 240 g/mol. The predicted octanol–water partition coefficient (Wildman–Crippen LogP) is 3.40. The topological polar surface area (TPSA) is 24.9 Å². The van der Waals surface area contributed by atoms with Gasteiger partial charge in [0, 0.05) is 6.20 Å². The smallest absolute Gasteiger partial charge is 0.0751 e. The average Bonchev–Trinajstić information content (AvgIpc) is 2.40. The third kappa shape index (κ3) is 2.77. The molecule has 0 spiro atoms. The fourth-order valence-electron chi connectivity index (χ4n) is 2.09. The fraction of sp³-hybridized carbons (Fsp3) is 0.312. The van der Waals surface area contributed by atoms with Gasteiger partial charge in [0.1, 0.15) is 0 Å². The second-order valence-corrected chi connectivity index (χ2v) is 4.59. The molecule has 0 saturated carbocycles. The summed E-state index contributed by atoms with van der Waals surface area (Å²) in [5.41, 5.74) is 5.00. The quantitative estimate of drug-likeness (QED) is 0.886. The van der Waals surface area contributed by atoms with Crippen molar-refractivity contribution in [2.75, 3.05) is 6.54 Å². The zero-order valence-corrected chi connectivity index (χ0v) is 11.3. The van der Waals surface area contributed by atoms with Crippen molar-refractivity contribution in [1.82, 2.24) is 10.3 Å². The van der Waals surface area contributed by atoms with Crippen LogP contribution in [0.4, 0.5) is 0 Å². The minimum Gasteiger partial charge on any atom is -0.305 e. The van der Waals surface area contributed by atoms with Crippen LogP contribution in [0, 0.1) is 13.8 Å². The minimum absolute atomic E-state index is 0.176. The first-order chi connectivity index (χ1) is 8.72. The molecule has 0 bridgehead atoms. The van der Waals surface area contributed by atoms with Crippen molar-refractivity contribution in [2.45, 2.75) is 26.8 Å². The molecule has 0 aliphatic carbocycles. The number of aryl methyl sites for hydroxylation is 2. The molecule has 94 valence electrons. The highest BCUT2D eigenvalue weighted by molar-refractivity contribution is 5.35. The molecule has 0 fully saturated rings. The van der Waals surface area contributed by atoms with E-state index in [0.29, 0.717) is 0 Å². The summed E-state index contributed by atoms with van der Waals surface area (Å²) in [5.74, 6) is 0. The van der Waals surface area contributed by atoms with Gasteiger partial charge >= 0.3 is 0 Å². The Bertz CT molecular complexity index is 506. The lowest BCUT2D eigenvalue weighted by molar-refractivity contribution is 0.615. The molecule has 1 N–H and O–H groups in total. The Morgan fingerprint density at radius 2 is 1.94 bits per heavy atom. The van der Waals surface area contributed by atoms with Gasteiger partial charge < -0.3 is 5.32 Å². The largest absolute Gasteiger partial charge is 0.305 e. The van der Waals surface area contributed by atoms with E-state index in [1.807, 2.05) is 18.3 Å². The lowest BCUT2D eigenvalue weighted by Crippen LogP contribution is -2.23. The Hall–Kier alpha value is -1.67. The fourth-order valence-corrected chi connectivity index (χ4v) is 2.09. The normalized spacial score (nSPS) is 12.4. The van der Waals surface area contributed by atoms with Crippen LogP contribution in [0.15, 0.2) is 42.6 Å². The number of nitrogens with zero attached hydrogens (tertiary/aromatic N) is 1. The van der Waals surface area contributed by atoms with Gasteiger partial charge in [0.05, 0.1) is 11.7 Å². The summed E-state index contributed by atoms with van der Waals surface area (Å²) in [4.78, 5) is 4.46. The molecular formula is C16H20N2. The molecule has 1 heterocycles. The number of nitrogens with one attached hydrogen (secondary N) is 1. The molecular weight excluding hydrogens is 220 g/mol. The molecule has 0 saturated heterocycles. The molecule has 0 aliphatic heterocycles. The van der Waals surface area contributed by atoms with E-state index in [-0.39, 0.29) is 6.04 Å². The van der Waals surface area contributed by atoms with Gasteiger partial charge in [0.2, 0.25) is 0 Å². The molecule has 1 aromatic heterocycles. The van der Waals surface area contributed by atoms with Crippen LogP contribution in [0.25, 0.3) is 0 Å². The van der Waals surface area contributed by atoms with E-state index in [1.54, 1.807) is 0 Å². The van der Waals surface area contributed by atoms with Crippen molar-refractivity contribution in [3.63, 3.8) is 0 Å². The van der Waals surface area contributed by atoms with Gasteiger partial charge in [0.25, 0.3) is 0 Å². The third-order valence-corrected chi connectivity index (χ3v) is 3.26. The highest BCUT2D eigenvalue weighted by Crippen LogP contribution is 2.22. The number of pyridine rings is 1. The first-order valence-electron chi connectivity index (χ1n) is 6.44. The van der Waals surface area contributed by atoms with Crippen molar-refractivity contribution in [1.29, 1.82) is 0 Å². The number of aromatic nitrogens is 1. The van der Waals surface area contributed by atoms with E-state index in [4.69, 9.17) is 0 Å². The zero-order valence-electron chi connectivity index (χ0n) is 11.3. The third-order valence-electron chi connectivity index (χ3n) is 3.26. The lowest BCUT2D eigenvalue weighted by Gasteiger charge is -2.18. The van der Waals surface area contributed by atoms with Gasteiger partial charge in [-0.3, -0.25) is 4.98 Å². The van der Waals surface area contributed by atoms with E-state index in [2.05, 4.69) is 55.3 Å². The molecule has 0 radical (unpaired) electrons. The molecule has 0 aliphatic rings. The molecule has 0 amide bonds. The van der Waals surface area contributed by atoms with Crippen molar-refractivity contribution in [3.05, 3.63) is 65.0 Å². The first-order valence-corrected chi connectivity index (χ1v) is 6.44. The van der Waals surface area contributed by atoms with Crippen LogP contribution in [-0.2, 0) is 0 Å². The standard InChI is InChI=1S/C16H20N2/c1-4-17-16(15-7-5-6-10-18-15)14-9-8-12(2)13(3)11-14/h5-11,16-17H,4H2,1-3H3. The summed E-state index contributed by atoms with van der Waals surface area (Å²) >= 11 is 0. The Labute approximate surface area is 109 Å². The van der Waals surface area contributed by atoms with E-state index in [9.17, 15) is 0 Å². The summed E-state index contributed by atoms with van der Waals surface area (Å²) in [5, 5.41) is 3.50. The summed E-state index contributed by atoms with van der Waals surface area (Å²) < 4.78 is 0. The maximum Gasteiger partial charge on any atom is 0.0751 e. The Kier molecular flexibility index (Phi) is 4.11. The molecule has 1 atom stereocenters. The SMILES string of the molecule is CCNC(c1ccc(C)c(C)c1)c1ccccn1. The number of rotatable bonds is 4.